The van der Waals surface area contributed by atoms with E-state index in [0.29, 0.717) is 16.2 Å². The van der Waals surface area contributed by atoms with Crippen LogP contribution in [-0.2, 0) is 4.79 Å². The maximum atomic E-state index is 12.1. The molecule has 0 aliphatic carbocycles. The maximum absolute atomic E-state index is 12.1. The summed E-state index contributed by atoms with van der Waals surface area (Å²) in [5.74, 6) is -0.451. The van der Waals surface area contributed by atoms with Crippen LogP contribution in [0.4, 0.5) is 0 Å². The van der Waals surface area contributed by atoms with Gasteiger partial charge in [-0.1, -0.05) is 77.4 Å². The van der Waals surface area contributed by atoms with Crippen molar-refractivity contribution in [2.24, 2.45) is 5.16 Å². The standard InChI is InChI=1S/C16H12ClNO2/c17-16(13-9-5-2-6-10-13)15(14(19)11-18-20)12-7-3-1-4-8-12/h1-11,20H. The van der Waals surface area contributed by atoms with E-state index in [2.05, 4.69) is 5.16 Å². The normalized spacial score (nSPS) is 12.2. The number of allylic oxidation sites excluding steroid dienone is 1. The van der Waals surface area contributed by atoms with E-state index < -0.39 is 5.78 Å². The molecule has 0 aliphatic heterocycles. The smallest absolute Gasteiger partial charge is 0.209 e. The molecule has 0 heterocycles. The first-order valence-corrected chi connectivity index (χ1v) is 6.34. The number of oxime groups is 1. The van der Waals surface area contributed by atoms with Gasteiger partial charge in [0.2, 0.25) is 5.78 Å². The summed E-state index contributed by atoms with van der Waals surface area (Å²) in [7, 11) is 0. The molecule has 0 amide bonds. The molecule has 1 N–H and O–H groups in total. The molecule has 0 fully saturated rings. The van der Waals surface area contributed by atoms with Crippen molar-refractivity contribution >= 4 is 34.2 Å². The van der Waals surface area contributed by atoms with Crippen LogP contribution in [0.3, 0.4) is 0 Å². The minimum absolute atomic E-state index is 0.302. The topological polar surface area (TPSA) is 49.7 Å². The van der Waals surface area contributed by atoms with Gasteiger partial charge in [-0.3, -0.25) is 4.79 Å². The van der Waals surface area contributed by atoms with Gasteiger partial charge in [-0.05, 0) is 11.1 Å². The summed E-state index contributed by atoms with van der Waals surface area (Å²) in [6.45, 7) is 0. The SMILES string of the molecule is O=C(C=NO)C(=C(Cl)c1ccccc1)c1ccccc1. The van der Waals surface area contributed by atoms with Crippen molar-refractivity contribution in [1.82, 2.24) is 0 Å². The van der Waals surface area contributed by atoms with Crippen LogP contribution in [0, 0.1) is 0 Å². The molecule has 4 heteroatoms. The van der Waals surface area contributed by atoms with Gasteiger partial charge >= 0.3 is 0 Å². The van der Waals surface area contributed by atoms with Crippen molar-refractivity contribution in [3.63, 3.8) is 0 Å². The highest BCUT2D eigenvalue weighted by Crippen LogP contribution is 2.29. The fraction of sp³-hybridized carbons (Fsp3) is 0. The van der Waals surface area contributed by atoms with Crippen molar-refractivity contribution in [3.8, 4) is 0 Å². The van der Waals surface area contributed by atoms with E-state index in [4.69, 9.17) is 16.8 Å². The van der Waals surface area contributed by atoms with E-state index >= 15 is 0 Å². The van der Waals surface area contributed by atoms with Crippen molar-refractivity contribution in [2.45, 2.75) is 0 Å². The Balaban J connectivity index is 2.60. The molecule has 2 aromatic carbocycles. The zero-order valence-corrected chi connectivity index (χ0v) is 11.3. The van der Waals surface area contributed by atoms with Crippen molar-refractivity contribution < 1.29 is 10.0 Å². The molecular formula is C16H12ClNO2. The van der Waals surface area contributed by atoms with Crippen molar-refractivity contribution in [3.05, 3.63) is 71.8 Å². The second-order valence-electron chi connectivity index (χ2n) is 4.03. The van der Waals surface area contributed by atoms with Crippen LogP contribution >= 0.6 is 11.6 Å². The second-order valence-corrected chi connectivity index (χ2v) is 4.41. The van der Waals surface area contributed by atoms with E-state index in [-0.39, 0.29) is 0 Å². The summed E-state index contributed by atoms with van der Waals surface area (Å²) in [6.07, 6.45) is 0.841. The lowest BCUT2D eigenvalue weighted by atomic mass is 9.99. The zero-order chi connectivity index (χ0) is 14.4. The molecule has 0 radical (unpaired) electrons. The van der Waals surface area contributed by atoms with Crippen LogP contribution in [0.25, 0.3) is 10.6 Å². The maximum Gasteiger partial charge on any atom is 0.209 e. The molecule has 0 saturated carbocycles. The second kappa shape index (κ2) is 6.68. The lowest BCUT2D eigenvalue weighted by Gasteiger charge is -2.08. The summed E-state index contributed by atoms with van der Waals surface area (Å²) < 4.78 is 0. The first kappa shape index (κ1) is 14.0. The molecule has 100 valence electrons. The lowest BCUT2D eigenvalue weighted by molar-refractivity contribution is -0.107. The number of halogens is 1. The number of benzene rings is 2. The predicted octanol–water partition coefficient (Wildman–Crippen LogP) is 3.82. The molecule has 0 aliphatic rings. The number of carbonyl (C=O) groups excluding carboxylic acids is 1. The number of Topliss-reactive ketones (excluding diaryl/α,β-unsaturated/α-hetero) is 1. The van der Waals surface area contributed by atoms with Gasteiger partial charge in [0.25, 0.3) is 0 Å². The Morgan fingerprint density at radius 2 is 1.45 bits per heavy atom. The summed E-state index contributed by atoms with van der Waals surface area (Å²) in [6, 6.07) is 18.2. The Morgan fingerprint density at radius 3 is 1.95 bits per heavy atom. The highest BCUT2D eigenvalue weighted by Gasteiger charge is 2.16. The van der Waals surface area contributed by atoms with Crippen LogP contribution in [0.1, 0.15) is 11.1 Å². The van der Waals surface area contributed by atoms with Gasteiger partial charge in [0.05, 0.1) is 10.6 Å². The van der Waals surface area contributed by atoms with E-state index in [0.717, 1.165) is 11.8 Å². The average Bonchev–Trinajstić information content (AvgIpc) is 2.50. The van der Waals surface area contributed by atoms with Crippen LogP contribution in [-0.4, -0.2) is 17.2 Å². The number of hydrogen-bond donors (Lipinski definition) is 1. The molecule has 0 bridgehead atoms. The molecule has 0 aromatic heterocycles. The molecule has 3 nitrogen and oxygen atoms in total. The Labute approximate surface area is 121 Å². The van der Waals surface area contributed by atoms with Gasteiger partial charge < -0.3 is 5.21 Å². The van der Waals surface area contributed by atoms with Gasteiger partial charge in [0.1, 0.15) is 6.21 Å². The van der Waals surface area contributed by atoms with Gasteiger partial charge in [-0.2, -0.15) is 0 Å². The first-order chi connectivity index (χ1) is 9.74. The Bertz CT molecular complexity index is 649. The largest absolute Gasteiger partial charge is 0.411 e. The summed E-state index contributed by atoms with van der Waals surface area (Å²) >= 11 is 6.35. The monoisotopic (exact) mass is 285 g/mol. The van der Waals surface area contributed by atoms with Crippen LogP contribution < -0.4 is 0 Å². The Kier molecular flexibility index (Phi) is 4.69. The molecule has 0 spiro atoms. The first-order valence-electron chi connectivity index (χ1n) is 5.96. The highest BCUT2D eigenvalue weighted by atomic mass is 35.5. The molecule has 0 unspecified atom stereocenters. The lowest BCUT2D eigenvalue weighted by Crippen LogP contribution is -2.05. The van der Waals surface area contributed by atoms with Crippen molar-refractivity contribution in [1.29, 1.82) is 0 Å². The minimum atomic E-state index is -0.451. The molecule has 0 atom stereocenters. The number of carbonyl (C=O) groups is 1. The summed E-state index contributed by atoms with van der Waals surface area (Å²) in [5.41, 5.74) is 1.70. The quantitative estimate of drug-likeness (QED) is 0.305. The van der Waals surface area contributed by atoms with Gasteiger partial charge in [0.15, 0.2) is 0 Å². The van der Waals surface area contributed by atoms with E-state index in [1.807, 2.05) is 48.5 Å². The molecule has 0 saturated heterocycles. The predicted molar refractivity (Wildman–Crippen MR) is 80.8 cm³/mol. The van der Waals surface area contributed by atoms with Gasteiger partial charge in [-0.15, -0.1) is 0 Å². The minimum Gasteiger partial charge on any atom is -0.411 e. The van der Waals surface area contributed by atoms with Crippen molar-refractivity contribution in [2.75, 3.05) is 0 Å². The number of rotatable bonds is 4. The number of hydrogen-bond acceptors (Lipinski definition) is 3. The highest BCUT2D eigenvalue weighted by molar-refractivity contribution is 6.62. The zero-order valence-electron chi connectivity index (χ0n) is 10.5. The van der Waals surface area contributed by atoms with E-state index in [9.17, 15) is 4.79 Å². The molecular weight excluding hydrogens is 274 g/mol. The fourth-order valence-corrected chi connectivity index (χ4v) is 2.16. The third kappa shape index (κ3) is 3.13. The Morgan fingerprint density at radius 1 is 0.950 bits per heavy atom. The average molecular weight is 286 g/mol. The summed E-state index contributed by atoms with van der Waals surface area (Å²) in [5, 5.41) is 11.7. The van der Waals surface area contributed by atoms with E-state index in [1.165, 1.54) is 0 Å². The third-order valence-electron chi connectivity index (χ3n) is 2.73. The Hall–Kier alpha value is -2.39. The van der Waals surface area contributed by atoms with Gasteiger partial charge in [-0.25, -0.2) is 0 Å². The molecule has 2 rings (SSSR count). The fourth-order valence-electron chi connectivity index (χ4n) is 1.83. The molecule has 2 aromatic rings. The van der Waals surface area contributed by atoms with E-state index in [1.54, 1.807) is 12.1 Å². The molecule has 20 heavy (non-hydrogen) atoms. The number of ketones is 1. The van der Waals surface area contributed by atoms with Crippen LogP contribution in [0.5, 0.6) is 0 Å². The summed E-state index contributed by atoms with van der Waals surface area (Å²) in [4.78, 5) is 12.1. The van der Waals surface area contributed by atoms with Gasteiger partial charge in [0, 0.05) is 0 Å². The third-order valence-corrected chi connectivity index (χ3v) is 3.14. The van der Waals surface area contributed by atoms with Crippen LogP contribution in [0.15, 0.2) is 65.8 Å². The number of nitrogens with zero attached hydrogens (tertiary/aromatic N) is 1. The van der Waals surface area contributed by atoms with Crippen LogP contribution in [0.2, 0.25) is 0 Å².